The van der Waals surface area contributed by atoms with Crippen LogP contribution in [0.4, 0.5) is 17.1 Å². The Morgan fingerprint density at radius 1 is 1.33 bits per heavy atom. The molecule has 2 heterocycles. The molecule has 2 aliphatic heterocycles. The topological polar surface area (TPSA) is 84.7 Å². The van der Waals surface area contributed by atoms with Crippen LogP contribution in [0.3, 0.4) is 0 Å². The van der Waals surface area contributed by atoms with Crippen molar-refractivity contribution in [2.45, 2.75) is 20.1 Å². The molecule has 8 heteroatoms. The van der Waals surface area contributed by atoms with E-state index in [-0.39, 0.29) is 11.5 Å². The lowest BCUT2D eigenvalue weighted by Gasteiger charge is -2.36. The maximum absolute atomic E-state index is 13.2. The highest BCUT2D eigenvalue weighted by Gasteiger charge is 2.40. The first-order valence-corrected chi connectivity index (χ1v) is 8.83. The fourth-order valence-corrected chi connectivity index (χ4v) is 3.70. The van der Waals surface area contributed by atoms with E-state index < -0.39 is 11.2 Å². The lowest BCUT2D eigenvalue weighted by molar-refractivity contribution is -0.384. The summed E-state index contributed by atoms with van der Waals surface area (Å²) in [5, 5.41) is 15.1. The molecule has 0 radical (unpaired) electrons. The fraction of sp³-hybridized carbons (Fsp3) is 0.211. The molecule has 0 amide bonds. The van der Waals surface area contributed by atoms with E-state index in [1.807, 2.05) is 6.92 Å². The van der Waals surface area contributed by atoms with Gasteiger partial charge in [-0.3, -0.25) is 14.9 Å². The van der Waals surface area contributed by atoms with Crippen LogP contribution >= 0.6 is 11.6 Å². The zero-order valence-corrected chi connectivity index (χ0v) is 15.4. The van der Waals surface area contributed by atoms with Gasteiger partial charge in [0.05, 0.1) is 21.7 Å². The molecule has 2 aromatic carbocycles. The number of nitrogens with one attached hydrogen (secondary N) is 1. The van der Waals surface area contributed by atoms with Crippen molar-refractivity contribution >= 4 is 34.4 Å². The number of fused-ring (bicyclic) bond motifs is 3. The Balaban J connectivity index is 1.92. The average molecular weight is 386 g/mol. The summed E-state index contributed by atoms with van der Waals surface area (Å²) >= 11 is 6.17. The van der Waals surface area contributed by atoms with Crippen LogP contribution in [0.1, 0.15) is 22.8 Å². The number of ketones is 1. The number of nitro groups is 1. The Morgan fingerprint density at radius 3 is 2.81 bits per heavy atom. The van der Waals surface area contributed by atoms with E-state index in [4.69, 9.17) is 16.3 Å². The number of hydrogen-bond donors (Lipinski definition) is 1. The normalized spacial score (nSPS) is 17.6. The van der Waals surface area contributed by atoms with E-state index in [2.05, 4.69) is 5.32 Å². The van der Waals surface area contributed by atoms with Crippen molar-refractivity contribution in [2.24, 2.45) is 0 Å². The number of likely N-dealkylation sites (N-methyl/N-ethyl adjacent to an activating group) is 1. The number of Topliss-reactive ketones (excluding diaryl/α,β-unsaturated/α-hetero) is 1. The Kier molecular flexibility index (Phi) is 4.04. The molecule has 0 aromatic heterocycles. The van der Waals surface area contributed by atoms with Gasteiger partial charge in [0.2, 0.25) is 6.23 Å². The Hall–Kier alpha value is -3.06. The van der Waals surface area contributed by atoms with Crippen LogP contribution in [0.5, 0.6) is 5.75 Å². The molecule has 0 aliphatic carbocycles. The number of hydrogen-bond acceptors (Lipinski definition) is 6. The highest BCUT2D eigenvalue weighted by Crippen LogP contribution is 2.44. The lowest BCUT2D eigenvalue weighted by Crippen LogP contribution is -2.45. The number of nitro benzene ring substituents is 1. The van der Waals surface area contributed by atoms with Crippen molar-refractivity contribution in [3.63, 3.8) is 0 Å². The first-order valence-electron chi connectivity index (χ1n) is 8.45. The molecule has 4 rings (SSSR count). The molecule has 0 bridgehead atoms. The molecule has 1 atom stereocenters. The number of ether oxygens (including phenoxy) is 1. The van der Waals surface area contributed by atoms with Crippen molar-refractivity contribution < 1.29 is 14.5 Å². The second-order valence-corrected chi connectivity index (χ2v) is 6.71. The smallest absolute Gasteiger partial charge is 0.294 e. The van der Waals surface area contributed by atoms with Crippen LogP contribution in [0.15, 0.2) is 42.1 Å². The number of nitrogens with zero attached hydrogens (tertiary/aromatic N) is 2. The molecular formula is C19H16ClN3O4. The average Bonchev–Trinajstić information content (AvgIpc) is 2.81. The molecule has 138 valence electrons. The highest BCUT2D eigenvalue weighted by molar-refractivity contribution is 6.32. The second-order valence-electron chi connectivity index (χ2n) is 6.31. The molecule has 7 nitrogen and oxygen atoms in total. The summed E-state index contributed by atoms with van der Waals surface area (Å²) in [6.07, 6.45) is 0.791. The highest BCUT2D eigenvalue weighted by atomic mass is 35.5. The van der Waals surface area contributed by atoms with Gasteiger partial charge >= 0.3 is 0 Å². The van der Waals surface area contributed by atoms with Crippen LogP contribution in [0.25, 0.3) is 0 Å². The number of carbonyl (C=O) groups is 1. The number of rotatable bonds is 2. The van der Waals surface area contributed by atoms with Gasteiger partial charge in [-0.2, -0.15) is 0 Å². The zero-order valence-electron chi connectivity index (χ0n) is 14.7. The molecule has 1 unspecified atom stereocenters. The number of anilines is 2. The maximum Gasteiger partial charge on any atom is 0.294 e. The third-order valence-electron chi connectivity index (χ3n) is 4.86. The molecule has 2 aromatic rings. The molecule has 0 fully saturated rings. The summed E-state index contributed by atoms with van der Waals surface area (Å²) in [5.74, 6) is 0.215. The summed E-state index contributed by atoms with van der Waals surface area (Å²) < 4.78 is 6.13. The fourth-order valence-electron chi connectivity index (χ4n) is 3.54. The standard InChI is InChI=1S/C19H16ClN3O4/c1-3-22-17-13(5-4-6-14(17)23(25)26)21-9-11-18(24)16-10(2)12(20)7-8-15(16)27-19(11)22/h4-9,19,21H,3H2,1-2H3. The zero-order chi connectivity index (χ0) is 19.3. The summed E-state index contributed by atoms with van der Waals surface area (Å²) in [5.41, 5.74) is 2.33. The monoisotopic (exact) mass is 385 g/mol. The van der Waals surface area contributed by atoms with Crippen molar-refractivity contribution in [3.05, 3.63) is 68.4 Å². The number of para-hydroxylation sites is 1. The maximum atomic E-state index is 13.2. The van der Waals surface area contributed by atoms with E-state index in [0.717, 1.165) is 0 Å². The Labute approximate surface area is 160 Å². The Bertz CT molecular complexity index is 1020. The predicted octanol–water partition coefficient (Wildman–Crippen LogP) is 4.29. The van der Waals surface area contributed by atoms with Crippen molar-refractivity contribution in [1.29, 1.82) is 0 Å². The predicted molar refractivity (Wildman–Crippen MR) is 103 cm³/mol. The van der Waals surface area contributed by atoms with Crippen LogP contribution < -0.4 is 15.0 Å². The summed E-state index contributed by atoms with van der Waals surface area (Å²) in [7, 11) is 0. The van der Waals surface area contributed by atoms with Gasteiger partial charge in [0.25, 0.3) is 5.69 Å². The first kappa shape index (κ1) is 17.4. The second kappa shape index (κ2) is 6.28. The first-order chi connectivity index (χ1) is 12.9. The third kappa shape index (κ3) is 2.54. The van der Waals surface area contributed by atoms with Gasteiger partial charge in [-0.1, -0.05) is 17.7 Å². The molecule has 0 saturated carbocycles. The van der Waals surface area contributed by atoms with Crippen molar-refractivity contribution in [1.82, 2.24) is 0 Å². The van der Waals surface area contributed by atoms with Crippen LogP contribution in [-0.4, -0.2) is 23.5 Å². The van der Waals surface area contributed by atoms with Gasteiger partial charge in [0.15, 0.2) is 5.78 Å². The minimum absolute atomic E-state index is 0.0503. The van der Waals surface area contributed by atoms with Crippen LogP contribution in [-0.2, 0) is 0 Å². The van der Waals surface area contributed by atoms with Crippen molar-refractivity contribution in [2.75, 3.05) is 16.8 Å². The number of benzene rings is 2. The van der Waals surface area contributed by atoms with E-state index in [0.29, 0.717) is 45.4 Å². The quantitative estimate of drug-likeness (QED) is 0.613. The minimum atomic E-state index is -0.773. The third-order valence-corrected chi connectivity index (χ3v) is 5.27. The van der Waals surface area contributed by atoms with Gasteiger partial charge < -0.3 is 15.0 Å². The van der Waals surface area contributed by atoms with E-state index in [9.17, 15) is 14.9 Å². The van der Waals surface area contributed by atoms with Gasteiger partial charge in [-0.25, -0.2) is 0 Å². The van der Waals surface area contributed by atoms with Crippen LogP contribution in [0.2, 0.25) is 5.02 Å². The molecule has 0 saturated heterocycles. The Morgan fingerprint density at radius 2 is 2.11 bits per heavy atom. The van der Waals surface area contributed by atoms with Gasteiger partial charge in [-0.15, -0.1) is 0 Å². The molecule has 2 aliphatic rings. The summed E-state index contributed by atoms with van der Waals surface area (Å²) in [6.45, 7) is 4.04. The SMILES string of the molecule is CCN1c2c(cccc2[N+](=O)[O-])NC=C2C(=O)c3c(ccc(Cl)c3C)OC21. The number of halogens is 1. The molecular weight excluding hydrogens is 370 g/mol. The summed E-state index contributed by atoms with van der Waals surface area (Å²) in [6, 6.07) is 8.12. The van der Waals surface area contributed by atoms with E-state index in [1.54, 1.807) is 42.3 Å². The van der Waals surface area contributed by atoms with Crippen LogP contribution in [0, 0.1) is 17.0 Å². The lowest BCUT2D eigenvalue weighted by atomic mass is 9.94. The molecule has 1 N–H and O–H groups in total. The van der Waals surface area contributed by atoms with E-state index in [1.165, 1.54) is 6.07 Å². The number of carbonyl (C=O) groups excluding carboxylic acids is 1. The molecule has 0 spiro atoms. The van der Waals surface area contributed by atoms with Gasteiger partial charge in [0.1, 0.15) is 11.4 Å². The van der Waals surface area contributed by atoms with Crippen molar-refractivity contribution in [3.8, 4) is 5.75 Å². The van der Waals surface area contributed by atoms with Gasteiger partial charge in [-0.05, 0) is 37.6 Å². The van der Waals surface area contributed by atoms with E-state index >= 15 is 0 Å². The van der Waals surface area contributed by atoms with Gasteiger partial charge in [0, 0.05) is 23.8 Å². The molecule has 27 heavy (non-hydrogen) atoms. The largest absolute Gasteiger partial charge is 0.465 e. The minimum Gasteiger partial charge on any atom is -0.465 e. The summed E-state index contributed by atoms with van der Waals surface area (Å²) in [4.78, 5) is 26.1.